The minimum Gasteiger partial charge on any atom is -0.399 e. The molecule has 0 saturated heterocycles. The molecule has 0 bridgehead atoms. The van der Waals surface area contributed by atoms with E-state index in [0.717, 1.165) is 23.4 Å². The average molecular weight is 252 g/mol. The molecule has 1 rings (SSSR count). The Morgan fingerprint density at radius 3 is 2.88 bits per heavy atom. The van der Waals surface area contributed by atoms with Gasteiger partial charge in [-0.25, -0.2) is 0 Å². The van der Waals surface area contributed by atoms with Crippen LogP contribution in [0.15, 0.2) is 18.2 Å². The number of carbonyl (C=O) groups excluding carboxylic acids is 1. The highest BCUT2D eigenvalue weighted by Gasteiger charge is 2.13. The van der Waals surface area contributed by atoms with Crippen molar-refractivity contribution in [3.8, 4) is 0 Å². The first-order valence-corrected chi connectivity index (χ1v) is 6.88. The minimum absolute atomic E-state index is 0.0317. The van der Waals surface area contributed by atoms with Crippen LogP contribution in [0, 0.1) is 6.92 Å². The summed E-state index contributed by atoms with van der Waals surface area (Å²) in [5.41, 5.74) is 8.20. The highest BCUT2D eigenvalue weighted by atomic mass is 32.2. The minimum atomic E-state index is -0.0317. The molecule has 1 aromatic rings. The number of hydrogen-bond donors (Lipinski definition) is 2. The average Bonchev–Trinajstić information content (AvgIpc) is 2.30. The second-order valence-electron chi connectivity index (χ2n) is 4.08. The van der Waals surface area contributed by atoms with Crippen LogP contribution in [0.1, 0.15) is 25.8 Å². The molecule has 0 aromatic heterocycles. The molecule has 0 aliphatic heterocycles. The molecule has 0 fully saturated rings. The van der Waals surface area contributed by atoms with E-state index in [-0.39, 0.29) is 11.2 Å². The van der Waals surface area contributed by atoms with Crippen LogP contribution >= 0.6 is 11.8 Å². The fraction of sp³-hybridized carbons (Fsp3) is 0.462. The monoisotopic (exact) mass is 252 g/mol. The van der Waals surface area contributed by atoms with Gasteiger partial charge in [0.15, 0.2) is 0 Å². The SMILES string of the molecule is CCCSC(C)C(=O)Nc1cc(N)ccc1C. The lowest BCUT2D eigenvalue weighted by Gasteiger charge is -2.13. The van der Waals surface area contributed by atoms with E-state index in [9.17, 15) is 4.79 Å². The first kappa shape index (κ1) is 13.9. The lowest BCUT2D eigenvalue weighted by atomic mass is 10.2. The molecular weight excluding hydrogens is 232 g/mol. The summed E-state index contributed by atoms with van der Waals surface area (Å²) in [4.78, 5) is 11.9. The summed E-state index contributed by atoms with van der Waals surface area (Å²) in [5.74, 6) is 1.04. The number of nitrogens with one attached hydrogen (secondary N) is 1. The van der Waals surface area contributed by atoms with Crippen molar-refractivity contribution in [2.24, 2.45) is 0 Å². The zero-order chi connectivity index (χ0) is 12.8. The van der Waals surface area contributed by atoms with Crippen LogP contribution in [-0.4, -0.2) is 16.9 Å². The van der Waals surface area contributed by atoms with Crippen LogP contribution in [0.2, 0.25) is 0 Å². The van der Waals surface area contributed by atoms with Gasteiger partial charge in [0, 0.05) is 11.4 Å². The molecule has 0 heterocycles. The molecule has 1 unspecified atom stereocenters. The summed E-state index contributed by atoms with van der Waals surface area (Å²) in [6.45, 7) is 6.00. The molecule has 1 aromatic carbocycles. The van der Waals surface area contributed by atoms with Crippen LogP contribution in [0.5, 0.6) is 0 Å². The van der Waals surface area contributed by atoms with E-state index in [1.165, 1.54) is 0 Å². The Balaban J connectivity index is 2.64. The summed E-state index contributed by atoms with van der Waals surface area (Å²) >= 11 is 1.67. The number of thioether (sulfide) groups is 1. The Labute approximate surface area is 107 Å². The van der Waals surface area contributed by atoms with Crippen LogP contribution in [0.3, 0.4) is 0 Å². The second kappa shape index (κ2) is 6.55. The standard InChI is InChI=1S/C13H20N2OS/c1-4-7-17-10(3)13(16)15-12-8-11(14)6-5-9(12)2/h5-6,8,10H,4,7,14H2,1-3H3,(H,15,16). The van der Waals surface area contributed by atoms with Crippen molar-refractivity contribution in [1.82, 2.24) is 0 Å². The molecule has 0 saturated carbocycles. The number of benzene rings is 1. The predicted molar refractivity (Wildman–Crippen MR) is 76.4 cm³/mol. The van der Waals surface area contributed by atoms with E-state index in [1.54, 1.807) is 17.8 Å². The predicted octanol–water partition coefficient (Wildman–Crippen LogP) is 3.05. The van der Waals surface area contributed by atoms with Crippen LogP contribution in [0.25, 0.3) is 0 Å². The van der Waals surface area contributed by atoms with Gasteiger partial charge in [-0.1, -0.05) is 13.0 Å². The molecule has 1 atom stereocenters. The second-order valence-corrected chi connectivity index (χ2v) is 5.53. The van der Waals surface area contributed by atoms with Gasteiger partial charge < -0.3 is 11.1 Å². The van der Waals surface area contributed by atoms with Crippen molar-refractivity contribution < 1.29 is 4.79 Å². The number of amides is 1. The molecule has 17 heavy (non-hydrogen) atoms. The third-order valence-corrected chi connectivity index (χ3v) is 3.82. The highest BCUT2D eigenvalue weighted by Crippen LogP contribution is 2.20. The lowest BCUT2D eigenvalue weighted by molar-refractivity contribution is -0.115. The van der Waals surface area contributed by atoms with E-state index in [2.05, 4.69) is 12.2 Å². The van der Waals surface area contributed by atoms with Gasteiger partial charge in [0.05, 0.1) is 5.25 Å². The van der Waals surface area contributed by atoms with Gasteiger partial charge in [0.25, 0.3) is 0 Å². The Morgan fingerprint density at radius 2 is 2.24 bits per heavy atom. The first-order chi connectivity index (χ1) is 8.04. The van der Waals surface area contributed by atoms with Crippen LogP contribution in [-0.2, 0) is 4.79 Å². The van der Waals surface area contributed by atoms with Crippen molar-refractivity contribution in [3.05, 3.63) is 23.8 Å². The van der Waals surface area contributed by atoms with Crippen molar-refractivity contribution in [3.63, 3.8) is 0 Å². The molecule has 0 aliphatic rings. The lowest BCUT2D eigenvalue weighted by Crippen LogP contribution is -2.23. The molecule has 4 heteroatoms. The number of hydrogen-bond acceptors (Lipinski definition) is 3. The third-order valence-electron chi connectivity index (χ3n) is 2.46. The van der Waals surface area contributed by atoms with Gasteiger partial charge in [-0.3, -0.25) is 4.79 Å². The van der Waals surface area contributed by atoms with Crippen molar-refractivity contribution >= 4 is 29.0 Å². The number of aryl methyl sites for hydroxylation is 1. The highest BCUT2D eigenvalue weighted by molar-refractivity contribution is 8.00. The fourth-order valence-electron chi connectivity index (χ4n) is 1.38. The quantitative estimate of drug-likeness (QED) is 0.792. The van der Waals surface area contributed by atoms with Crippen LogP contribution < -0.4 is 11.1 Å². The van der Waals surface area contributed by atoms with Crippen molar-refractivity contribution in [1.29, 1.82) is 0 Å². The largest absolute Gasteiger partial charge is 0.399 e. The Kier molecular flexibility index (Phi) is 5.35. The summed E-state index contributed by atoms with van der Waals surface area (Å²) in [6.07, 6.45) is 1.08. The molecular formula is C13H20N2OS. The number of nitrogens with two attached hydrogens (primary N) is 1. The van der Waals surface area contributed by atoms with Gasteiger partial charge in [0.2, 0.25) is 5.91 Å². The summed E-state index contributed by atoms with van der Waals surface area (Å²) in [7, 11) is 0. The Hall–Kier alpha value is -1.16. The molecule has 0 spiro atoms. The molecule has 0 aliphatic carbocycles. The molecule has 3 N–H and O–H groups in total. The van der Waals surface area contributed by atoms with Gasteiger partial charge in [-0.2, -0.15) is 0 Å². The first-order valence-electron chi connectivity index (χ1n) is 5.83. The normalized spacial score (nSPS) is 12.2. The topological polar surface area (TPSA) is 55.1 Å². The number of nitrogen functional groups attached to an aromatic ring is 1. The van der Waals surface area contributed by atoms with E-state index >= 15 is 0 Å². The summed E-state index contributed by atoms with van der Waals surface area (Å²) in [6, 6.07) is 5.54. The summed E-state index contributed by atoms with van der Waals surface area (Å²) in [5, 5.41) is 2.89. The van der Waals surface area contributed by atoms with Crippen molar-refractivity contribution in [2.45, 2.75) is 32.4 Å². The molecule has 1 amide bonds. The van der Waals surface area contributed by atoms with E-state index in [0.29, 0.717) is 5.69 Å². The number of anilines is 2. The zero-order valence-electron chi connectivity index (χ0n) is 10.6. The van der Waals surface area contributed by atoms with Crippen molar-refractivity contribution in [2.75, 3.05) is 16.8 Å². The fourth-order valence-corrected chi connectivity index (χ4v) is 2.18. The van der Waals surface area contributed by atoms with Gasteiger partial charge in [0.1, 0.15) is 0 Å². The smallest absolute Gasteiger partial charge is 0.237 e. The zero-order valence-corrected chi connectivity index (χ0v) is 11.4. The van der Waals surface area contributed by atoms with Gasteiger partial charge >= 0.3 is 0 Å². The maximum Gasteiger partial charge on any atom is 0.237 e. The van der Waals surface area contributed by atoms with Gasteiger partial charge in [-0.05, 0) is 43.7 Å². The number of carbonyl (C=O) groups is 1. The molecule has 94 valence electrons. The molecule has 3 nitrogen and oxygen atoms in total. The Bertz CT molecular complexity index is 393. The number of rotatable bonds is 5. The maximum atomic E-state index is 11.9. The van der Waals surface area contributed by atoms with Gasteiger partial charge in [-0.15, -0.1) is 11.8 Å². The molecule has 0 radical (unpaired) electrons. The van der Waals surface area contributed by atoms with E-state index in [1.807, 2.05) is 26.0 Å². The van der Waals surface area contributed by atoms with Crippen LogP contribution in [0.4, 0.5) is 11.4 Å². The van der Waals surface area contributed by atoms with E-state index in [4.69, 9.17) is 5.73 Å². The summed E-state index contributed by atoms with van der Waals surface area (Å²) < 4.78 is 0. The maximum absolute atomic E-state index is 11.9. The van der Waals surface area contributed by atoms with E-state index < -0.39 is 0 Å². The third kappa shape index (κ3) is 4.30. The Morgan fingerprint density at radius 1 is 1.53 bits per heavy atom.